The lowest BCUT2D eigenvalue weighted by Crippen LogP contribution is -2.42. The van der Waals surface area contributed by atoms with Crippen LogP contribution >= 0.6 is 0 Å². The van der Waals surface area contributed by atoms with Crippen LogP contribution in [-0.4, -0.2) is 59.5 Å². The van der Waals surface area contributed by atoms with Crippen LogP contribution in [0.4, 0.5) is 0 Å². The maximum Gasteiger partial charge on any atom is 0.254 e. The molecule has 2 rings (SSSR count). The molecule has 3 N–H and O–H groups in total. The van der Waals surface area contributed by atoms with E-state index < -0.39 is 0 Å². The molecule has 6 nitrogen and oxygen atoms in total. The Hall–Kier alpha value is -2.08. The third-order valence-corrected chi connectivity index (χ3v) is 3.82. The lowest BCUT2D eigenvalue weighted by Gasteiger charge is -2.28. The number of hydrogen-bond donors (Lipinski definition) is 2. The molecule has 1 saturated heterocycles. The molecular formula is C15H22N4O2. The summed E-state index contributed by atoms with van der Waals surface area (Å²) in [6.07, 6.45) is 0.965. The number of hydrogen-bond acceptors (Lipinski definition) is 4. The number of amides is 1. The van der Waals surface area contributed by atoms with Gasteiger partial charge >= 0.3 is 0 Å². The van der Waals surface area contributed by atoms with Crippen LogP contribution in [0.25, 0.3) is 0 Å². The third-order valence-electron chi connectivity index (χ3n) is 3.82. The van der Waals surface area contributed by atoms with E-state index in [2.05, 4.69) is 24.0 Å². The molecule has 0 saturated carbocycles. The van der Waals surface area contributed by atoms with Gasteiger partial charge in [-0.3, -0.25) is 4.79 Å². The van der Waals surface area contributed by atoms with E-state index >= 15 is 0 Å². The monoisotopic (exact) mass is 290 g/mol. The second-order valence-corrected chi connectivity index (χ2v) is 5.53. The molecule has 1 aromatic rings. The smallest absolute Gasteiger partial charge is 0.254 e. The van der Waals surface area contributed by atoms with Crippen LogP contribution in [0.2, 0.25) is 0 Å². The SMILES string of the molecule is CC1CN(C)CCCN1C(=O)c1cccc(/C(N)=N/O)c1. The number of amidine groups is 1. The predicted octanol–water partition coefficient (Wildman–Crippen LogP) is 0.947. The Labute approximate surface area is 124 Å². The highest BCUT2D eigenvalue weighted by Gasteiger charge is 2.25. The Morgan fingerprint density at radius 1 is 1.38 bits per heavy atom. The summed E-state index contributed by atoms with van der Waals surface area (Å²) < 4.78 is 0. The highest BCUT2D eigenvalue weighted by molar-refractivity contribution is 6.01. The normalized spacial score (nSPS) is 21.1. The van der Waals surface area contributed by atoms with Crippen molar-refractivity contribution in [2.75, 3.05) is 26.7 Å². The fraction of sp³-hybridized carbons (Fsp3) is 0.467. The second-order valence-electron chi connectivity index (χ2n) is 5.53. The van der Waals surface area contributed by atoms with Crippen LogP contribution in [0.5, 0.6) is 0 Å². The molecule has 0 aliphatic carbocycles. The molecule has 1 atom stereocenters. The topological polar surface area (TPSA) is 82.2 Å². The van der Waals surface area contributed by atoms with Gasteiger partial charge in [-0.05, 0) is 39.1 Å². The van der Waals surface area contributed by atoms with Crippen LogP contribution in [0.1, 0.15) is 29.3 Å². The zero-order valence-corrected chi connectivity index (χ0v) is 12.5. The van der Waals surface area contributed by atoms with Gasteiger partial charge in [-0.15, -0.1) is 0 Å². The summed E-state index contributed by atoms with van der Waals surface area (Å²) in [6.45, 7) is 4.68. The summed E-state index contributed by atoms with van der Waals surface area (Å²) in [5, 5.41) is 11.7. The molecule has 0 aromatic heterocycles. The van der Waals surface area contributed by atoms with Gasteiger partial charge in [0.25, 0.3) is 5.91 Å². The third kappa shape index (κ3) is 3.52. The van der Waals surface area contributed by atoms with Crippen LogP contribution in [0.3, 0.4) is 0 Å². The van der Waals surface area contributed by atoms with E-state index in [0.29, 0.717) is 11.1 Å². The summed E-state index contributed by atoms with van der Waals surface area (Å²) in [6, 6.07) is 7.05. The van der Waals surface area contributed by atoms with Crippen molar-refractivity contribution in [3.63, 3.8) is 0 Å². The minimum Gasteiger partial charge on any atom is -0.409 e. The largest absolute Gasteiger partial charge is 0.409 e. The molecule has 0 radical (unpaired) electrons. The quantitative estimate of drug-likeness (QED) is 0.368. The van der Waals surface area contributed by atoms with E-state index in [4.69, 9.17) is 10.9 Å². The van der Waals surface area contributed by atoms with Gasteiger partial charge in [0.1, 0.15) is 0 Å². The Morgan fingerprint density at radius 2 is 2.10 bits per heavy atom. The van der Waals surface area contributed by atoms with Crippen LogP contribution < -0.4 is 5.73 Å². The van der Waals surface area contributed by atoms with Crippen molar-refractivity contribution >= 4 is 11.7 Å². The molecule has 0 spiro atoms. The van der Waals surface area contributed by atoms with Crippen molar-refractivity contribution in [1.29, 1.82) is 0 Å². The van der Waals surface area contributed by atoms with E-state index in [0.717, 1.165) is 26.1 Å². The lowest BCUT2D eigenvalue weighted by molar-refractivity contribution is 0.0696. The molecule has 1 amide bonds. The fourth-order valence-corrected chi connectivity index (χ4v) is 2.71. The molecular weight excluding hydrogens is 268 g/mol. The number of likely N-dealkylation sites (N-methyl/N-ethyl adjacent to an activating group) is 1. The van der Waals surface area contributed by atoms with Crippen LogP contribution in [0.15, 0.2) is 29.4 Å². The van der Waals surface area contributed by atoms with Gasteiger partial charge < -0.3 is 20.7 Å². The van der Waals surface area contributed by atoms with Crippen LogP contribution in [-0.2, 0) is 0 Å². The molecule has 1 fully saturated rings. The Kier molecular flexibility index (Phi) is 4.80. The number of oxime groups is 1. The molecule has 114 valence electrons. The summed E-state index contributed by atoms with van der Waals surface area (Å²) >= 11 is 0. The first-order valence-corrected chi connectivity index (χ1v) is 7.10. The maximum absolute atomic E-state index is 12.7. The predicted molar refractivity (Wildman–Crippen MR) is 81.6 cm³/mol. The van der Waals surface area contributed by atoms with Gasteiger partial charge in [-0.1, -0.05) is 17.3 Å². The number of rotatable bonds is 2. The van der Waals surface area contributed by atoms with Crippen molar-refractivity contribution in [2.45, 2.75) is 19.4 Å². The summed E-state index contributed by atoms with van der Waals surface area (Å²) in [5.41, 5.74) is 6.69. The van der Waals surface area contributed by atoms with E-state index in [1.54, 1.807) is 24.3 Å². The van der Waals surface area contributed by atoms with E-state index in [9.17, 15) is 4.79 Å². The van der Waals surface area contributed by atoms with Crippen LogP contribution in [0, 0.1) is 0 Å². The second kappa shape index (κ2) is 6.58. The van der Waals surface area contributed by atoms with Gasteiger partial charge in [0.05, 0.1) is 0 Å². The van der Waals surface area contributed by atoms with Gasteiger partial charge in [0.15, 0.2) is 5.84 Å². The van der Waals surface area contributed by atoms with Crippen molar-refractivity contribution < 1.29 is 10.0 Å². The summed E-state index contributed by atoms with van der Waals surface area (Å²) in [4.78, 5) is 16.8. The van der Waals surface area contributed by atoms with Gasteiger partial charge in [0.2, 0.25) is 0 Å². The summed E-state index contributed by atoms with van der Waals surface area (Å²) in [7, 11) is 2.07. The zero-order chi connectivity index (χ0) is 15.4. The average molecular weight is 290 g/mol. The Morgan fingerprint density at radius 3 is 2.81 bits per heavy atom. The van der Waals surface area contributed by atoms with Gasteiger partial charge in [-0.2, -0.15) is 0 Å². The lowest BCUT2D eigenvalue weighted by atomic mass is 10.1. The number of carbonyl (C=O) groups excluding carboxylic acids is 1. The van der Waals surface area contributed by atoms with Gasteiger partial charge in [0, 0.05) is 30.3 Å². The fourth-order valence-electron chi connectivity index (χ4n) is 2.71. The first kappa shape index (κ1) is 15.3. The summed E-state index contributed by atoms with van der Waals surface area (Å²) in [5.74, 6) is -0.00121. The first-order valence-electron chi connectivity index (χ1n) is 7.10. The molecule has 1 unspecified atom stereocenters. The molecule has 1 aliphatic heterocycles. The van der Waals surface area contributed by atoms with Crippen molar-refractivity contribution in [3.8, 4) is 0 Å². The first-order chi connectivity index (χ1) is 10.0. The molecule has 6 heteroatoms. The van der Waals surface area contributed by atoms with E-state index in [1.807, 2.05) is 4.90 Å². The number of nitrogens with two attached hydrogens (primary N) is 1. The molecule has 1 aromatic carbocycles. The molecule has 0 bridgehead atoms. The molecule has 21 heavy (non-hydrogen) atoms. The number of benzene rings is 1. The highest BCUT2D eigenvalue weighted by atomic mass is 16.4. The van der Waals surface area contributed by atoms with E-state index in [1.165, 1.54) is 0 Å². The minimum atomic E-state index is -0.00890. The average Bonchev–Trinajstić information content (AvgIpc) is 2.66. The standard InChI is InChI=1S/C15H22N4O2/c1-11-10-18(2)7-4-8-19(11)15(20)13-6-3-5-12(9-13)14(16)17-21/h3,5-6,9,11,21H,4,7-8,10H2,1-2H3,(H2,16,17). The Bertz CT molecular complexity index is 544. The maximum atomic E-state index is 12.7. The van der Waals surface area contributed by atoms with Crippen molar-refractivity contribution in [1.82, 2.24) is 9.80 Å². The minimum absolute atomic E-state index is 0.00768. The Balaban J connectivity index is 2.23. The molecule has 1 heterocycles. The molecule has 1 aliphatic rings. The van der Waals surface area contributed by atoms with Crippen molar-refractivity contribution in [3.05, 3.63) is 35.4 Å². The number of carbonyl (C=O) groups is 1. The number of nitrogens with zero attached hydrogens (tertiary/aromatic N) is 3. The van der Waals surface area contributed by atoms with E-state index in [-0.39, 0.29) is 17.8 Å². The van der Waals surface area contributed by atoms with Gasteiger partial charge in [-0.25, -0.2) is 0 Å². The highest BCUT2D eigenvalue weighted by Crippen LogP contribution is 2.14. The zero-order valence-electron chi connectivity index (χ0n) is 12.5. The van der Waals surface area contributed by atoms with Crippen molar-refractivity contribution in [2.24, 2.45) is 10.9 Å².